The molecule has 2 aromatic rings. The number of hydrogen-bond donors (Lipinski definition) is 0. The van der Waals surface area contributed by atoms with Crippen LogP contribution in [0, 0.1) is 5.82 Å². The molecule has 0 aromatic heterocycles. The average molecular weight is 340 g/mol. The molecule has 1 aliphatic heterocycles. The Kier molecular flexibility index (Phi) is 5.43. The number of benzene rings is 2. The molecule has 3 rings (SSSR count). The zero-order valence-electron chi connectivity index (χ0n) is 14.0. The van der Waals surface area contributed by atoms with Crippen LogP contribution in [0.3, 0.4) is 0 Å². The predicted octanol–water partition coefficient (Wildman–Crippen LogP) is 2.74. The van der Waals surface area contributed by atoms with Gasteiger partial charge in [0.25, 0.3) is 5.91 Å². The first-order chi connectivity index (χ1) is 12.1. The lowest BCUT2D eigenvalue weighted by Gasteiger charge is -2.35. The standard InChI is InChI=1S/C20H21FN2O2/c21-18-9-5-4-6-16(18)10-11-19(24)22-12-14-23(15-13-22)20(25)17-7-2-1-3-8-17/h1-9H,10-15H2. The third-order valence-electron chi connectivity index (χ3n) is 4.51. The molecule has 130 valence electrons. The van der Waals surface area contributed by atoms with Crippen LogP contribution >= 0.6 is 0 Å². The van der Waals surface area contributed by atoms with E-state index in [0.717, 1.165) is 0 Å². The van der Waals surface area contributed by atoms with Crippen LogP contribution in [0.1, 0.15) is 22.3 Å². The minimum Gasteiger partial charge on any atom is -0.339 e. The molecule has 1 fully saturated rings. The van der Waals surface area contributed by atoms with Crippen molar-refractivity contribution in [2.45, 2.75) is 12.8 Å². The summed E-state index contributed by atoms with van der Waals surface area (Å²) in [6.45, 7) is 2.10. The predicted molar refractivity (Wildman–Crippen MR) is 93.6 cm³/mol. The van der Waals surface area contributed by atoms with Crippen molar-refractivity contribution in [1.82, 2.24) is 9.80 Å². The molecule has 0 saturated carbocycles. The van der Waals surface area contributed by atoms with Crippen LogP contribution in [0.25, 0.3) is 0 Å². The van der Waals surface area contributed by atoms with Crippen LogP contribution in [0.15, 0.2) is 54.6 Å². The summed E-state index contributed by atoms with van der Waals surface area (Å²) in [4.78, 5) is 28.3. The summed E-state index contributed by atoms with van der Waals surface area (Å²) < 4.78 is 13.6. The van der Waals surface area contributed by atoms with E-state index in [2.05, 4.69) is 0 Å². The molecule has 0 spiro atoms. The molecule has 2 aromatic carbocycles. The first kappa shape index (κ1) is 17.1. The molecule has 1 saturated heterocycles. The third-order valence-corrected chi connectivity index (χ3v) is 4.51. The van der Waals surface area contributed by atoms with E-state index in [9.17, 15) is 14.0 Å². The number of amides is 2. The van der Waals surface area contributed by atoms with Gasteiger partial charge >= 0.3 is 0 Å². The van der Waals surface area contributed by atoms with Gasteiger partial charge in [-0.05, 0) is 30.2 Å². The second kappa shape index (κ2) is 7.92. The molecular formula is C20H21FN2O2. The van der Waals surface area contributed by atoms with Crippen molar-refractivity contribution >= 4 is 11.8 Å². The van der Waals surface area contributed by atoms with Crippen molar-refractivity contribution < 1.29 is 14.0 Å². The fourth-order valence-corrected chi connectivity index (χ4v) is 3.02. The smallest absolute Gasteiger partial charge is 0.253 e. The number of rotatable bonds is 4. The summed E-state index contributed by atoms with van der Waals surface area (Å²) in [6.07, 6.45) is 0.683. The van der Waals surface area contributed by atoms with Gasteiger partial charge in [0.15, 0.2) is 0 Å². The average Bonchev–Trinajstić information content (AvgIpc) is 2.67. The maximum absolute atomic E-state index is 13.6. The summed E-state index contributed by atoms with van der Waals surface area (Å²) in [7, 11) is 0. The SMILES string of the molecule is O=C(CCc1ccccc1F)N1CCN(C(=O)c2ccccc2)CC1. The summed E-state index contributed by atoms with van der Waals surface area (Å²) in [5, 5.41) is 0. The zero-order chi connectivity index (χ0) is 17.6. The molecule has 2 amide bonds. The second-order valence-electron chi connectivity index (χ2n) is 6.13. The number of piperazine rings is 1. The Morgan fingerprint density at radius 2 is 1.44 bits per heavy atom. The monoisotopic (exact) mass is 340 g/mol. The maximum Gasteiger partial charge on any atom is 0.253 e. The Hall–Kier alpha value is -2.69. The summed E-state index contributed by atoms with van der Waals surface area (Å²) in [6, 6.07) is 15.7. The van der Waals surface area contributed by atoms with Crippen molar-refractivity contribution in [3.63, 3.8) is 0 Å². The lowest BCUT2D eigenvalue weighted by molar-refractivity contribution is -0.132. The second-order valence-corrected chi connectivity index (χ2v) is 6.13. The normalized spacial score (nSPS) is 14.4. The highest BCUT2D eigenvalue weighted by Crippen LogP contribution is 2.12. The number of nitrogens with zero attached hydrogens (tertiary/aromatic N) is 2. The van der Waals surface area contributed by atoms with E-state index in [1.54, 1.807) is 40.1 Å². The van der Waals surface area contributed by atoms with E-state index in [0.29, 0.717) is 43.7 Å². The fourth-order valence-electron chi connectivity index (χ4n) is 3.02. The molecule has 1 aliphatic rings. The lowest BCUT2D eigenvalue weighted by Crippen LogP contribution is -2.50. The number of carbonyl (C=O) groups excluding carboxylic acids is 2. The highest BCUT2D eigenvalue weighted by molar-refractivity contribution is 5.94. The van der Waals surface area contributed by atoms with Gasteiger partial charge in [0.2, 0.25) is 5.91 Å². The van der Waals surface area contributed by atoms with Gasteiger partial charge < -0.3 is 9.80 Å². The van der Waals surface area contributed by atoms with E-state index in [1.165, 1.54) is 6.07 Å². The van der Waals surface area contributed by atoms with E-state index < -0.39 is 0 Å². The van der Waals surface area contributed by atoms with Gasteiger partial charge in [0.05, 0.1) is 0 Å². The number of aryl methyl sites for hydroxylation is 1. The molecule has 4 nitrogen and oxygen atoms in total. The molecule has 0 radical (unpaired) electrons. The summed E-state index contributed by atoms with van der Waals surface area (Å²) in [5.41, 5.74) is 1.23. The van der Waals surface area contributed by atoms with Crippen molar-refractivity contribution in [3.05, 3.63) is 71.5 Å². The molecule has 0 bridgehead atoms. The molecular weight excluding hydrogens is 319 g/mol. The topological polar surface area (TPSA) is 40.6 Å². The number of halogens is 1. The van der Waals surface area contributed by atoms with Gasteiger partial charge in [-0.1, -0.05) is 36.4 Å². The van der Waals surface area contributed by atoms with E-state index in [-0.39, 0.29) is 24.1 Å². The maximum atomic E-state index is 13.6. The van der Waals surface area contributed by atoms with E-state index in [4.69, 9.17) is 0 Å². The Balaban J connectivity index is 1.49. The van der Waals surface area contributed by atoms with Crippen molar-refractivity contribution in [2.24, 2.45) is 0 Å². The minimum atomic E-state index is -0.270. The number of carbonyl (C=O) groups is 2. The zero-order valence-corrected chi connectivity index (χ0v) is 14.0. The summed E-state index contributed by atoms with van der Waals surface area (Å²) in [5.74, 6) is -0.261. The Bertz CT molecular complexity index is 740. The molecule has 0 unspecified atom stereocenters. The molecule has 5 heteroatoms. The molecule has 1 heterocycles. The van der Waals surface area contributed by atoms with Crippen molar-refractivity contribution in [2.75, 3.05) is 26.2 Å². The van der Waals surface area contributed by atoms with Gasteiger partial charge in [-0.3, -0.25) is 9.59 Å². The molecule has 25 heavy (non-hydrogen) atoms. The Labute approximate surface area is 146 Å². The van der Waals surface area contributed by atoms with Crippen LogP contribution < -0.4 is 0 Å². The first-order valence-corrected chi connectivity index (χ1v) is 8.50. The highest BCUT2D eigenvalue weighted by atomic mass is 19.1. The quantitative estimate of drug-likeness (QED) is 0.859. The van der Waals surface area contributed by atoms with Gasteiger partial charge in [0, 0.05) is 38.2 Å². The molecule has 0 N–H and O–H groups in total. The highest BCUT2D eigenvalue weighted by Gasteiger charge is 2.24. The van der Waals surface area contributed by atoms with Gasteiger partial charge in [0.1, 0.15) is 5.82 Å². The van der Waals surface area contributed by atoms with Crippen molar-refractivity contribution in [3.8, 4) is 0 Å². The van der Waals surface area contributed by atoms with Crippen LogP contribution in [-0.2, 0) is 11.2 Å². The van der Waals surface area contributed by atoms with Gasteiger partial charge in [-0.2, -0.15) is 0 Å². The van der Waals surface area contributed by atoms with Crippen LogP contribution in [-0.4, -0.2) is 47.8 Å². The van der Waals surface area contributed by atoms with Crippen LogP contribution in [0.4, 0.5) is 4.39 Å². The van der Waals surface area contributed by atoms with Gasteiger partial charge in [-0.15, -0.1) is 0 Å². The number of hydrogen-bond acceptors (Lipinski definition) is 2. The van der Waals surface area contributed by atoms with Crippen LogP contribution in [0.5, 0.6) is 0 Å². The third kappa shape index (κ3) is 4.24. The first-order valence-electron chi connectivity index (χ1n) is 8.50. The molecule has 0 atom stereocenters. The summed E-state index contributed by atoms with van der Waals surface area (Å²) >= 11 is 0. The minimum absolute atomic E-state index is 0.000874. The largest absolute Gasteiger partial charge is 0.339 e. The van der Waals surface area contributed by atoms with E-state index in [1.807, 2.05) is 18.2 Å². The Morgan fingerprint density at radius 3 is 2.12 bits per heavy atom. The Morgan fingerprint density at radius 1 is 0.840 bits per heavy atom. The lowest BCUT2D eigenvalue weighted by atomic mass is 10.1. The van der Waals surface area contributed by atoms with Crippen LogP contribution in [0.2, 0.25) is 0 Å². The van der Waals surface area contributed by atoms with Crippen molar-refractivity contribution in [1.29, 1.82) is 0 Å². The fraction of sp³-hybridized carbons (Fsp3) is 0.300. The molecule has 0 aliphatic carbocycles. The van der Waals surface area contributed by atoms with E-state index >= 15 is 0 Å². The van der Waals surface area contributed by atoms with Gasteiger partial charge in [-0.25, -0.2) is 4.39 Å².